The van der Waals surface area contributed by atoms with Crippen molar-refractivity contribution in [2.75, 3.05) is 11.9 Å². The molecule has 0 saturated carbocycles. The number of nitrogens with one attached hydrogen (secondary N) is 1. The lowest BCUT2D eigenvalue weighted by Gasteiger charge is -2.12. The Morgan fingerprint density at radius 2 is 1.93 bits per heavy atom. The number of carbonyl (C=O) groups is 2. The molecule has 6 heteroatoms. The number of anilines is 1. The first-order valence-electron chi connectivity index (χ1n) is 9.24. The minimum absolute atomic E-state index is 0.124. The molecule has 0 fully saturated rings. The van der Waals surface area contributed by atoms with Crippen molar-refractivity contribution >= 4 is 28.5 Å². The van der Waals surface area contributed by atoms with Crippen molar-refractivity contribution < 1.29 is 19.4 Å². The van der Waals surface area contributed by atoms with Gasteiger partial charge in [-0.3, -0.25) is 9.78 Å². The molecule has 0 spiro atoms. The van der Waals surface area contributed by atoms with Crippen molar-refractivity contribution in [1.29, 1.82) is 0 Å². The van der Waals surface area contributed by atoms with Gasteiger partial charge in [0.25, 0.3) is 5.91 Å². The summed E-state index contributed by atoms with van der Waals surface area (Å²) in [5, 5.41) is 12.6. The number of benzene rings is 2. The van der Waals surface area contributed by atoms with Gasteiger partial charge in [-0.25, -0.2) is 4.79 Å². The number of rotatable bonds is 8. The summed E-state index contributed by atoms with van der Waals surface area (Å²) in [6.45, 7) is 2.70. The predicted octanol–water partition coefficient (Wildman–Crippen LogP) is 4.75. The number of aromatic nitrogens is 1. The number of carboxylic acids is 1. The third-order valence-electron chi connectivity index (χ3n) is 4.33. The number of para-hydroxylation sites is 1. The van der Waals surface area contributed by atoms with Gasteiger partial charge in [0.2, 0.25) is 0 Å². The zero-order valence-corrected chi connectivity index (χ0v) is 15.6. The Labute approximate surface area is 163 Å². The summed E-state index contributed by atoms with van der Waals surface area (Å²) < 4.78 is 5.78. The topological polar surface area (TPSA) is 88.5 Å². The first-order valence-corrected chi connectivity index (χ1v) is 9.24. The number of hydrogen-bond donors (Lipinski definition) is 2. The molecule has 2 N–H and O–H groups in total. The fourth-order valence-corrected chi connectivity index (χ4v) is 2.83. The Morgan fingerprint density at radius 1 is 1.11 bits per heavy atom. The summed E-state index contributed by atoms with van der Waals surface area (Å²) in [5.41, 5.74) is 1.77. The lowest BCUT2D eigenvalue weighted by molar-refractivity contribution is 0.0696. The largest absolute Gasteiger partial charge is 0.493 e. The van der Waals surface area contributed by atoms with Crippen molar-refractivity contribution in [2.24, 2.45) is 0 Å². The smallest absolute Gasteiger partial charge is 0.337 e. The zero-order chi connectivity index (χ0) is 19.9. The van der Waals surface area contributed by atoms with Gasteiger partial charge < -0.3 is 15.2 Å². The Kier molecular flexibility index (Phi) is 6.22. The van der Waals surface area contributed by atoms with E-state index in [-0.39, 0.29) is 11.5 Å². The normalized spacial score (nSPS) is 10.6. The second kappa shape index (κ2) is 8.99. The maximum absolute atomic E-state index is 12.7. The molecular formula is C22H22N2O4. The lowest BCUT2D eigenvalue weighted by Crippen LogP contribution is -2.14. The minimum Gasteiger partial charge on any atom is -0.493 e. The van der Waals surface area contributed by atoms with E-state index < -0.39 is 5.97 Å². The zero-order valence-electron chi connectivity index (χ0n) is 15.6. The summed E-state index contributed by atoms with van der Waals surface area (Å²) in [6.07, 6.45) is 4.44. The fraction of sp³-hybridized carbons (Fsp3) is 0.227. The second-order valence-electron chi connectivity index (χ2n) is 6.44. The minimum atomic E-state index is -1.03. The first kappa shape index (κ1) is 19.4. The van der Waals surface area contributed by atoms with E-state index in [0.29, 0.717) is 34.5 Å². The van der Waals surface area contributed by atoms with E-state index in [1.54, 1.807) is 42.5 Å². The summed E-state index contributed by atoms with van der Waals surface area (Å²) in [4.78, 5) is 27.9. The van der Waals surface area contributed by atoms with E-state index in [4.69, 9.17) is 9.84 Å². The Hall–Kier alpha value is -3.41. The Morgan fingerprint density at radius 3 is 2.71 bits per heavy atom. The summed E-state index contributed by atoms with van der Waals surface area (Å²) in [6, 6.07) is 13.9. The number of hydrogen-bond acceptors (Lipinski definition) is 4. The van der Waals surface area contributed by atoms with Crippen molar-refractivity contribution in [1.82, 2.24) is 4.98 Å². The number of carbonyl (C=O) groups excluding carboxylic acids is 1. The number of aromatic carboxylic acids is 1. The maximum Gasteiger partial charge on any atom is 0.337 e. The number of carboxylic acid groups (broad SMARTS) is 1. The average Bonchev–Trinajstić information content (AvgIpc) is 2.71. The van der Waals surface area contributed by atoms with Crippen molar-refractivity contribution in [3.63, 3.8) is 0 Å². The third kappa shape index (κ3) is 4.65. The molecule has 144 valence electrons. The van der Waals surface area contributed by atoms with Gasteiger partial charge in [-0.2, -0.15) is 0 Å². The Bertz CT molecular complexity index is 1000. The number of amides is 1. The van der Waals surface area contributed by atoms with Gasteiger partial charge in [0.05, 0.1) is 23.3 Å². The van der Waals surface area contributed by atoms with Crippen LogP contribution < -0.4 is 10.1 Å². The molecule has 28 heavy (non-hydrogen) atoms. The molecule has 0 aliphatic heterocycles. The van der Waals surface area contributed by atoms with Crippen LogP contribution in [0, 0.1) is 0 Å². The fourth-order valence-electron chi connectivity index (χ4n) is 2.83. The van der Waals surface area contributed by atoms with E-state index in [2.05, 4.69) is 17.2 Å². The summed E-state index contributed by atoms with van der Waals surface area (Å²) in [5.74, 6) is -0.740. The van der Waals surface area contributed by atoms with Gasteiger partial charge in [0, 0.05) is 17.3 Å². The molecule has 0 saturated heterocycles. The van der Waals surface area contributed by atoms with Gasteiger partial charge in [-0.05, 0) is 36.8 Å². The van der Waals surface area contributed by atoms with E-state index in [1.807, 2.05) is 6.07 Å². The Balaban J connectivity index is 1.75. The van der Waals surface area contributed by atoms with Crippen molar-refractivity contribution in [2.45, 2.75) is 26.2 Å². The molecule has 3 rings (SSSR count). The van der Waals surface area contributed by atoms with E-state index in [0.717, 1.165) is 19.3 Å². The average molecular weight is 378 g/mol. The summed E-state index contributed by atoms with van der Waals surface area (Å²) >= 11 is 0. The van der Waals surface area contributed by atoms with E-state index in [9.17, 15) is 9.59 Å². The quantitative estimate of drug-likeness (QED) is 0.552. The van der Waals surface area contributed by atoms with Crippen LogP contribution in [-0.2, 0) is 0 Å². The number of pyridine rings is 1. The molecule has 0 aliphatic carbocycles. The molecule has 0 atom stereocenters. The van der Waals surface area contributed by atoms with Gasteiger partial charge in [0.1, 0.15) is 5.75 Å². The van der Waals surface area contributed by atoms with Crippen LogP contribution in [0.15, 0.2) is 54.7 Å². The van der Waals surface area contributed by atoms with Crippen LogP contribution in [0.25, 0.3) is 10.9 Å². The van der Waals surface area contributed by atoms with Gasteiger partial charge in [0.15, 0.2) is 0 Å². The molecule has 2 aromatic carbocycles. The molecule has 0 bridgehead atoms. The number of unbranched alkanes of at least 4 members (excludes halogenated alkanes) is 2. The van der Waals surface area contributed by atoms with Crippen LogP contribution >= 0.6 is 0 Å². The molecule has 0 unspecified atom stereocenters. The van der Waals surface area contributed by atoms with Crippen LogP contribution in [0.4, 0.5) is 5.69 Å². The highest BCUT2D eigenvalue weighted by molar-refractivity contribution is 6.07. The lowest BCUT2D eigenvalue weighted by atomic mass is 10.1. The van der Waals surface area contributed by atoms with E-state index >= 15 is 0 Å². The molecule has 0 radical (unpaired) electrons. The van der Waals surface area contributed by atoms with Crippen LogP contribution in [0.1, 0.15) is 46.9 Å². The predicted molar refractivity (Wildman–Crippen MR) is 108 cm³/mol. The second-order valence-corrected chi connectivity index (χ2v) is 6.44. The maximum atomic E-state index is 12.7. The third-order valence-corrected chi connectivity index (χ3v) is 4.33. The highest BCUT2D eigenvalue weighted by atomic mass is 16.5. The number of ether oxygens (including phenoxy) is 1. The SMILES string of the molecule is CCCCCOc1ccccc1C(=O)Nc1ccc2cc(C(=O)O)cnc2c1. The molecule has 1 aromatic heterocycles. The van der Waals surface area contributed by atoms with Crippen LogP contribution in [-0.4, -0.2) is 28.6 Å². The molecule has 6 nitrogen and oxygen atoms in total. The van der Waals surface area contributed by atoms with Gasteiger partial charge >= 0.3 is 5.97 Å². The standard InChI is InChI=1S/C22H22N2O4/c1-2-3-6-11-28-20-8-5-4-7-18(20)21(25)24-17-10-9-15-12-16(22(26)27)14-23-19(15)13-17/h4-5,7-10,12-14H,2-3,6,11H2,1H3,(H,24,25)(H,26,27). The molecule has 3 aromatic rings. The highest BCUT2D eigenvalue weighted by Gasteiger charge is 2.13. The van der Waals surface area contributed by atoms with Crippen LogP contribution in [0.2, 0.25) is 0 Å². The van der Waals surface area contributed by atoms with Crippen molar-refractivity contribution in [3.8, 4) is 5.75 Å². The number of fused-ring (bicyclic) bond motifs is 1. The summed E-state index contributed by atoms with van der Waals surface area (Å²) in [7, 11) is 0. The monoisotopic (exact) mass is 378 g/mol. The molecule has 0 aliphatic rings. The van der Waals surface area contributed by atoms with Crippen LogP contribution in [0.5, 0.6) is 5.75 Å². The number of nitrogens with zero attached hydrogens (tertiary/aromatic N) is 1. The highest BCUT2D eigenvalue weighted by Crippen LogP contribution is 2.22. The van der Waals surface area contributed by atoms with Gasteiger partial charge in [-0.1, -0.05) is 38.0 Å². The first-order chi connectivity index (χ1) is 13.6. The van der Waals surface area contributed by atoms with E-state index in [1.165, 1.54) is 6.20 Å². The van der Waals surface area contributed by atoms with Crippen molar-refractivity contribution in [3.05, 3.63) is 65.9 Å². The van der Waals surface area contributed by atoms with Crippen LogP contribution in [0.3, 0.4) is 0 Å². The molecule has 1 heterocycles. The molecular weight excluding hydrogens is 356 g/mol. The molecule has 1 amide bonds. The van der Waals surface area contributed by atoms with Gasteiger partial charge in [-0.15, -0.1) is 0 Å².